The zero-order valence-corrected chi connectivity index (χ0v) is 15.3. The van der Waals surface area contributed by atoms with Crippen LogP contribution in [0.3, 0.4) is 0 Å². The van der Waals surface area contributed by atoms with Crippen LogP contribution in [0.1, 0.15) is 49.1 Å². The maximum Gasteiger partial charge on any atom is 0.270 e. The number of hydrogen-bond donors (Lipinski definition) is 2. The molecule has 2 aromatic rings. The van der Waals surface area contributed by atoms with E-state index in [4.69, 9.17) is 0 Å². The van der Waals surface area contributed by atoms with Crippen molar-refractivity contribution in [2.75, 3.05) is 11.1 Å². The van der Waals surface area contributed by atoms with Gasteiger partial charge in [-0.05, 0) is 18.9 Å². The van der Waals surface area contributed by atoms with Gasteiger partial charge in [0.25, 0.3) is 11.2 Å². The van der Waals surface area contributed by atoms with E-state index in [0.29, 0.717) is 16.9 Å². The Labute approximate surface area is 154 Å². The lowest BCUT2D eigenvalue weighted by Crippen LogP contribution is -2.18. The third kappa shape index (κ3) is 3.39. The molecule has 9 heteroatoms. The molecule has 2 atom stereocenters. The van der Waals surface area contributed by atoms with E-state index in [2.05, 4.69) is 17.3 Å². The van der Waals surface area contributed by atoms with E-state index in [-0.39, 0.29) is 28.9 Å². The van der Waals surface area contributed by atoms with Crippen LogP contribution in [0.25, 0.3) is 0 Å². The Balaban J connectivity index is 2.13. The molecule has 0 saturated carbocycles. The average Bonchev–Trinajstić information content (AvgIpc) is 2.82. The Morgan fingerprint density at radius 1 is 1.42 bits per heavy atom. The number of nitro groups is 1. The molecule has 3 rings (SSSR count). The molecule has 0 radical (unpaired) electrons. The number of fused-ring (bicyclic) bond motifs is 1. The molecule has 1 aromatic carbocycles. The number of non-ortho nitro benzene ring substituents is 1. The average molecular weight is 376 g/mol. The van der Waals surface area contributed by atoms with Crippen molar-refractivity contribution in [1.82, 2.24) is 9.78 Å². The second kappa shape index (κ2) is 7.36. The van der Waals surface area contributed by atoms with Crippen molar-refractivity contribution in [2.24, 2.45) is 0 Å². The molecule has 1 amide bonds. The fourth-order valence-corrected chi connectivity index (χ4v) is 4.30. The van der Waals surface area contributed by atoms with Crippen molar-refractivity contribution < 1.29 is 9.72 Å². The van der Waals surface area contributed by atoms with E-state index in [1.807, 2.05) is 6.92 Å². The molecular weight excluding hydrogens is 356 g/mol. The number of carbonyl (C=O) groups excluding carboxylic acids is 1. The van der Waals surface area contributed by atoms with Crippen LogP contribution in [0.15, 0.2) is 29.1 Å². The minimum Gasteiger partial charge on any atom is -0.310 e. The van der Waals surface area contributed by atoms with Crippen molar-refractivity contribution in [1.29, 1.82) is 0 Å². The summed E-state index contributed by atoms with van der Waals surface area (Å²) < 4.78 is 1.70. The van der Waals surface area contributed by atoms with Crippen LogP contribution in [-0.4, -0.2) is 26.4 Å². The third-order valence-corrected chi connectivity index (χ3v) is 5.66. The summed E-state index contributed by atoms with van der Waals surface area (Å²) >= 11 is 1.29. The zero-order chi connectivity index (χ0) is 18.8. The maximum absolute atomic E-state index is 12.7. The fraction of sp³-hybridized carbons (Fsp3) is 0.412. The molecule has 2 N–H and O–H groups in total. The number of H-pyrrole nitrogens is 1. The smallest absolute Gasteiger partial charge is 0.270 e. The molecule has 0 saturated heterocycles. The number of nitrogens with one attached hydrogen (secondary N) is 2. The number of aromatic nitrogens is 2. The van der Waals surface area contributed by atoms with Crippen molar-refractivity contribution in [3.05, 3.63) is 55.9 Å². The number of rotatable bonds is 5. The summed E-state index contributed by atoms with van der Waals surface area (Å²) in [5.41, 5.74) is 0.746. The normalized spacial score (nSPS) is 17.9. The number of benzene rings is 1. The number of hydrogen-bond acceptors (Lipinski definition) is 5. The third-order valence-electron chi connectivity index (χ3n) is 4.39. The molecule has 1 aliphatic heterocycles. The lowest BCUT2D eigenvalue weighted by atomic mass is 10.1. The minimum absolute atomic E-state index is 0.0191. The van der Waals surface area contributed by atoms with Gasteiger partial charge in [-0.3, -0.25) is 29.5 Å². The van der Waals surface area contributed by atoms with Crippen molar-refractivity contribution in [3.63, 3.8) is 0 Å². The summed E-state index contributed by atoms with van der Waals surface area (Å²) in [6.07, 6.45) is 1.79. The monoisotopic (exact) mass is 376 g/mol. The SMILES string of the molecule is CCCC(C)n1[nH]c(=O)c2c1NC(=O)CSC2c1cccc([N+](=O)[O-])c1. The summed E-state index contributed by atoms with van der Waals surface area (Å²) in [6, 6.07) is 6.23. The van der Waals surface area contributed by atoms with Crippen LogP contribution in [0, 0.1) is 10.1 Å². The van der Waals surface area contributed by atoms with Gasteiger partial charge in [0.2, 0.25) is 5.91 Å². The van der Waals surface area contributed by atoms with Gasteiger partial charge in [-0.2, -0.15) is 0 Å². The Hall–Kier alpha value is -2.55. The molecular formula is C17H20N4O4S. The summed E-state index contributed by atoms with van der Waals surface area (Å²) in [5.74, 6) is 0.437. The lowest BCUT2D eigenvalue weighted by Gasteiger charge is -2.17. The largest absolute Gasteiger partial charge is 0.310 e. The predicted molar refractivity (Wildman–Crippen MR) is 101 cm³/mol. The molecule has 0 fully saturated rings. The summed E-state index contributed by atoms with van der Waals surface area (Å²) in [6.45, 7) is 4.03. The minimum atomic E-state index is -0.464. The number of thioether (sulfide) groups is 1. The van der Waals surface area contributed by atoms with Gasteiger partial charge in [0.15, 0.2) is 0 Å². The van der Waals surface area contributed by atoms with Gasteiger partial charge in [0.1, 0.15) is 5.82 Å². The van der Waals surface area contributed by atoms with E-state index >= 15 is 0 Å². The molecule has 0 spiro atoms. The quantitative estimate of drug-likeness (QED) is 0.615. The maximum atomic E-state index is 12.7. The van der Waals surface area contributed by atoms with Crippen LogP contribution in [-0.2, 0) is 4.79 Å². The summed E-state index contributed by atoms with van der Waals surface area (Å²) in [5, 5.41) is 16.3. The number of anilines is 1. The highest BCUT2D eigenvalue weighted by molar-refractivity contribution is 8.00. The van der Waals surface area contributed by atoms with Gasteiger partial charge in [-0.15, -0.1) is 11.8 Å². The number of carbonyl (C=O) groups is 1. The fourth-order valence-electron chi connectivity index (χ4n) is 3.19. The van der Waals surface area contributed by atoms with Gasteiger partial charge in [0.05, 0.1) is 21.5 Å². The zero-order valence-electron chi connectivity index (χ0n) is 14.5. The van der Waals surface area contributed by atoms with Crippen LogP contribution in [0.2, 0.25) is 0 Å². The second-order valence-corrected chi connectivity index (χ2v) is 7.40. The van der Waals surface area contributed by atoms with Gasteiger partial charge in [-0.25, -0.2) is 0 Å². The Kier molecular flexibility index (Phi) is 5.17. The van der Waals surface area contributed by atoms with E-state index < -0.39 is 10.2 Å². The molecule has 1 aromatic heterocycles. The molecule has 0 bridgehead atoms. The molecule has 2 unspecified atom stereocenters. The number of aromatic amines is 1. The number of nitro benzene ring substituents is 1. The van der Waals surface area contributed by atoms with Gasteiger partial charge in [0, 0.05) is 18.2 Å². The molecule has 138 valence electrons. The predicted octanol–water partition coefficient (Wildman–Crippen LogP) is 3.22. The number of amides is 1. The van der Waals surface area contributed by atoms with Gasteiger partial charge < -0.3 is 5.32 Å². The lowest BCUT2D eigenvalue weighted by molar-refractivity contribution is -0.384. The van der Waals surface area contributed by atoms with Crippen molar-refractivity contribution in [3.8, 4) is 0 Å². The van der Waals surface area contributed by atoms with Crippen LogP contribution >= 0.6 is 11.8 Å². The highest BCUT2D eigenvalue weighted by Crippen LogP contribution is 2.41. The summed E-state index contributed by atoms with van der Waals surface area (Å²) in [4.78, 5) is 35.5. The van der Waals surface area contributed by atoms with Crippen molar-refractivity contribution in [2.45, 2.75) is 38.0 Å². The van der Waals surface area contributed by atoms with Crippen LogP contribution in [0.4, 0.5) is 11.5 Å². The van der Waals surface area contributed by atoms with E-state index in [0.717, 1.165) is 12.8 Å². The first-order valence-corrected chi connectivity index (χ1v) is 9.47. The first-order chi connectivity index (χ1) is 12.4. The highest BCUT2D eigenvalue weighted by atomic mass is 32.2. The number of nitrogens with zero attached hydrogens (tertiary/aromatic N) is 2. The van der Waals surface area contributed by atoms with E-state index in [1.54, 1.807) is 16.8 Å². The van der Waals surface area contributed by atoms with E-state index in [9.17, 15) is 19.7 Å². The van der Waals surface area contributed by atoms with Crippen LogP contribution in [0.5, 0.6) is 0 Å². The first-order valence-electron chi connectivity index (χ1n) is 8.42. The molecule has 1 aliphatic rings. The Morgan fingerprint density at radius 2 is 2.19 bits per heavy atom. The standard InChI is InChI=1S/C17H20N4O4S/c1-3-5-10(2)20-16-14(17(23)19-20)15(26-9-13(22)18-16)11-6-4-7-12(8-11)21(24)25/h4,6-8,10,15H,3,5,9H2,1-2H3,(H,18,22)(H,19,23). The topological polar surface area (TPSA) is 110 Å². The van der Waals surface area contributed by atoms with E-state index in [1.165, 1.54) is 23.9 Å². The molecule has 2 heterocycles. The first kappa shape index (κ1) is 18.2. The molecule has 8 nitrogen and oxygen atoms in total. The highest BCUT2D eigenvalue weighted by Gasteiger charge is 2.31. The summed E-state index contributed by atoms with van der Waals surface area (Å²) in [7, 11) is 0. The van der Waals surface area contributed by atoms with Gasteiger partial charge in [-0.1, -0.05) is 25.5 Å². The molecule has 0 aliphatic carbocycles. The second-order valence-electron chi connectivity index (χ2n) is 6.30. The van der Waals surface area contributed by atoms with Crippen molar-refractivity contribution >= 4 is 29.2 Å². The Bertz CT molecular complexity index is 904. The van der Waals surface area contributed by atoms with Gasteiger partial charge >= 0.3 is 0 Å². The molecule has 26 heavy (non-hydrogen) atoms. The van der Waals surface area contributed by atoms with Crippen LogP contribution < -0.4 is 10.9 Å². The Morgan fingerprint density at radius 3 is 2.88 bits per heavy atom.